The van der Waals surface area contributed by atoms with Crippen LogP contribution in [0.5, 0.6) is 0 Å². The second kappa shape index (κ2) is 5.83. The van der Waals surface area contributed by atoms with E-state index in [0.29, 0.717) is 17.7 Å². The van der Waals surface area contributed by atoms with Gasteiger partial charge in [-0.25, -0.2) is 4.98 Å². The number of rotatable bonds is 6. The molecule has 22 heavy (non-hydrogen) atoms. The quantitative estimate of drug-likeness (QED) is 0.817. The van der Waals surface area contributed by atoms with Crippen LogP contribution in [-0.4, -0.2) is 45.4 Å². The molecule has 0 aromatic carbocycles. The van der Waals surface area contributed by atoms with Gasteiger partial charge in [-0.15, -0.1) is 0 Å². The van der Waals surface area contributed by atoms with E-state index in [1.807, 2.05) is 4.52 Å². The lowest BCUT2D eigenvalue weighted by molar-refractivity contribution is 0.186. The summed E-state index contributed by atoms with van der Waals surface area (Å²) in [5.74, 6) is 2.50. The zero-order valence-electron chi connectivity index (χ0n) is 13.1. The van der Waals surface area contributed by atoms with E-state index in [2.05, 4.69) is 33.0 Å². The first-order valence-electron chi connectivity index (χ1n) is 8.39. The number of ether oxygens (including phenoxy) is 1. The molecule has 3 heterocycles. The highest BCUT2D eigenvalue weighted by Crippen LogP contribution is 2.33. The van der Waals surface area contributed by atoms with Crippen LogP contribution in [0.15, 0.2) is 12.4 Å². The lowest BCUT2D eigenvalue weighted by atomic mass is 10.1. The second-order valence-electron chi connectivity index (χ2n) is 6.44. The van der Waals surface area contributed by atoms with Gasteiger partial charge in [0, 0.05) is 36.9 Å². The van der Waals surface area contributed by atoms with Crippen molar-refractivity contribution in [2.75, 3.05) is 24.7 Å². The lowest BCUT2D eigenvalue weighted by Gasteiger charge is -2.27. The molecule has 1 aliphatic heterocycles. The number of hydrogen-bond donors (Lipinski definition) is 0. The molecule has 118 valence electrons. The predicted octanol–water partition coefficient (Wildman–Crippen LogP) is 2.08. The van der Waals surface area contributed by atoms with E-state index in [9.17, 15) is 0 Å². The fourth-order valence-corrected chi connectivity index (χ4v) is 3.25. The molecule has 1 atom stereocenters. The van der Waals surface area contributed by atoms with Gasteiger partial charge in [-0.3, -0.25) is 0 Å². The highest BCUT2D eigenvalue weighted by molar-refractivity contribution is 5.49. The smallest absolute Gasteiger partial charge is 0.254 e. The standard InChI is InChI=1S/C16H23N5O/c1-2-3-13-8-15(21-16(19-13)17-11-18-21)20(14-4-5-14)9-12-6-7-22-10-12/h8,11-12,14H,2-7,9-10H2,1H3/t12-/m0/s1. The summed E-state index contributed by atoms with van der Waals surface area (Å²) in [7, 11) is 0. The van der Waals surface area contributed by atoms with Gasteiger partial charge in [-0.05, 0) is 25.7 Å². The Balaban J connectivity index is 1.70. The minimum Gasteiger partial charge on any atom is -0.381 e. The Kier molecular flexibility index (Phi) is 3.70. The van der Waals surface area contributed by atoms with Crippen molar-refractivity contribution in [3.05, 3.63) is 18.1 Å². The van der Waals surface area contributed by atoms with E-state index in [1.165, 1.54) is 12.8 Å². The maximum absolute atomic E-state index is 5.55. The molecule has 2 aromatic rings. The fraction of sp³-hybridized carbons (Fsp3) is 0.688. The summed E-state index contributed by atoms with van der Waals surface area (Å²) in [6, 6.07) is 2.85. The summed E-state index contributed by atoms with van der Waals surface area (Å²) >= 11 is 0. The molecule has 6 nitrogen and oxygen atoms in total. The average molecular weight is 301 g/mol. The van der Waals surface area contributed by atoms with Gasteiger partial charge in [0.25, 0.3) is 5.78 Å². The van der Waals surface area contributed by atoms with Gasteiger partial charge in [0.1, 0.15) is 12.1 Å². The largest absolute Gasteiger partial charge is 0.381 e. The summed E-state index contributed by atoms with van der Waals surface area (Å²) in [5.41, 5.74) is 1.12. The summed E-state index contributed by atoms with van der Waals surface area (Å²) in [6.45, 7) is 5.02. The molecule has 0 radical (unpaired) electrons. The number of fused-ring (bicyclic) bond motifs is 1. The summed E-state index contributed by atoms with van der Waals surface area (Å²) in [5, 5.41) is 4.40. The van der Waals surface area contributed by atoms with Crippen LogP contribution in [0.3, 0.4) is 0 Å². The Morgan fingerprint density at radius 1 is 1.36 bits per heavy atom. The molecule has 0 unspecified atom stereocenters. The van der Waals surface area contributed by atoms with Crippen molar-refractivity contribution in [3.8, 4) is 0 Å². The molecule has 1 saturated carbocycles. The van der Waals surface area contributed by atoms with E-state index >= 15 is 0 Å². The highest BCUT2D eigenvalue weighted by Gasteiger charge is 2.33. The van der Waals surface area contributed by atoms with Gasteiger partial charge in [0.2, 0.25) is 0 Å². The first-order valence-corrected chi connectivity index (χ1v) is 8.39. The van der Waals surface area contributed by atoms with E-state index in [-0.39, 0.29) is 0 Å². The second-order valence-corrected chi connectivity index (χ2v) is 6.44. The number of hydrogen-bond acceptors (Lipinski definition) is 5. The van der Waals surface area contributed by atoms with Gasteiger partial charge in [0.15, 0.2) is 0 Å². The van der Waals surface area contributed by atoms with Gasteiger partial charge >= 0.3 is 0 Å². The zero-order chi connectivity index (χ0) is 14.9. The van der Waals surface area contributed by atoms with Crippen molar-refractivity contribution in [1.29, 1.82) is 0 Å². The first-order chi connectivity index (χ1) is 10.8. The molecule has 0 bridgehead atoms. The van der Waals surface area contributed by atoms with E-state index < -0.39 is 0 Å². The predicted molar refractivity (Wildman–Crippen MR) is 84.1 cm³/mol. The molecule has 0 N–H and O–H groups in total. The Labute approximate surface area is 130 Å². The normalized spacial score (nSPS) is 21.6. The van der Waals surface area contributed by atoms with Gasteiger partial charge in [0.05, 0.1) is 6.61 Å². The van der Waals surface area contributed by atoms with E-state index in [0.717, 1.165) is 50.5 Å². The van der Waals surface area contributed by atoms with Crippen LogP contribution in [0.25, 0.3) is 5.78 Å². The molecule has 1 saturated heterocycles. The molecule has 6 heteroatoms. The summed E-state index contributed by atoms with van der Waals surface area (Å²) < 4.78 is 7.45. The van der Waals surface area contributed by atoms with Gasteiger partial charge in [-0.2, -0.15) is 14.6 Å². The molecule has 2 fully saturated rings. The number of anilines is 1. The zero-order valence-corrected chi connectivity index (χ0v) is 13.1. The minimum atomic E-state index is 0.627. The Morgan fingerprint density at radius 3 is 3.00 bits per heavy atom. The van der Waals surface area contributed by atoms with Crippen molar-refractivity contribution in [3.63, 3.8) is 0 Å². The van der Waals surface area contributed by atoms with Crippen LogP contribution in [0.4, 0.5) is 5.82 Å². The number of aryl methyl sites for hydroxylation is 1. The molecular formula is C16H23N5O. The topological polar surface area (TPSA) is 55.6 Å². The van der Waals surface area contributed by atoms with Crippen molar-refractivity contribution >= 4 is 11.6 Å². The van der Waals surface area contributed by atoms with Crippen LogP contribution in [0.2, 0.25) is 0 Å². The maximum Gasteiger partial charge on any atom is 0.254 e. The Hall–Kier alpha value is -1.69. The fourth-order valence-electron chi connectivity index (χ4n) is 3.25. The van der Waals surface area contributed by atoms with Crippen LogP contribution >= 0.6 is 0 Å². The molecular weight excluding hydrogens is 278 g/mol. The average Bonchev–Trinajstić information content (AvgIpc) is 3.03. The van der Waals surface area contributed by atoms with Gasteiger partial charge < -0.3 is 9.64 Å². The third-order valence-corrected chi connectivity index (χ3v) is 4.55. The molecule has 1 aliphatic carbocycles. The van der Waals surface area contributed by atoms with Crippen molar-refractivity contribution in [2.45, 2.75) is 45.1 Å². The van der Waals surface area contributed by atoms with Crippen molar-refractivity contribution in [1.82, 2.24) is 19.6 Å². The van der Waals surface area contributed by atoms with E-state index in [1.54, 1.807) is 6.33 Å². The van der Waals surface area contributed by atoms with E-state index in [4.69, 9.17) is 4.74 Å². The molecule has 0 amide bonds. The van der Waals surface area contributed by atoms with Crippen LogP contribution in [0.1, 0.15) is 38.3 Å². The summed E-state index contributed by atoms with van der Waals surface area (Å²) in [6.07, 6.45) is 7.39. The first kappa shape index (κ1) is 13.9. The maximum atomic E-state index is 5.55. The lowest BCUT2D eigenvalue weighted by Crippen LogP contribution is -2.33. The van der Waals surface area contributed by atoms with Crippen molar-refractivity contribution < 1.29 is 4.74 Å². The Morgan fingerprint density at radius 2 is 2.27 bits per heavy atom. The van der Waals surface area contributed by atoms with Crippen LogP contribution < -0.4 is 4.90 Å². The third kappa shape index (κ3) is 2.67. The number of nitrogens with zero attached hydrogens (tertiary/aromatic N) is 5. The molecule has 2 aliphatic rings. The molecule has 0 spiro atoms. The van der Waals surface area contributed by atoms with Crippen LogP contribution in [-0.2, 0) is 11.2 Å². The minimum absolute atomic E-state index is 0.627. The van der Waals surface area contributed by atoms with Gasteiger partial charge in [-0.1, -0.05) is 13.3 Å². The number of aromatic nitrogens is 4. The third-order valence-electron chi connectivity index (χ3n) is 4.55. The van der Waals surface area contributed by atoms with Crippen LogP contribution in [0, 0.1) is 5.92 Å². The monoisotopic (exact) mass is 301 g/mol. The SMILES string of the molecule is CCCc1cc(N(C[C@@H]2CCOC2)C2CC2)n2ncnc2n1. The molecule has 4 rings (SSSR count). The Bertz CT molecular complexity index is 645. The summed E-state index contributed by atoms with van der Waals surface area (Å²) in [4.78, 5) is 11.4. The van der Waals surface area contributed by atoms with Crippen molar-refractivity contribution in [2.24, 2.45) is 5.92 Å². The highest BCUT2D eigenvalue weighted by atomic mass is 16.5. The molecule has 2 aromatic heterocycles.